The summed E-state index contributed by atoms with van der Waals surface area (Å²) in [4.78, 5) is 31.5. The second-order valence-electron chi connectivity index (χ2n) is 6.63. The maximum atomic E-state index is 13.2. The lowest BCUT2D eigenvalue weighted by Crippen LogP contribution is -2.38. The van der Waals surface area contributed by atoms with Crippen molar-refractivity contribution in [1.82, 2.24) is 15.2 Å². The highest BCUT2D eigenvalue weighted by atomic mass is 19.1. The largest absolute Gasteiger partial charge is 0.350 e. The van der Waals surface area contributed by atoms with Gasteiger partial charge in [-0.3, -0.25) is 14.6 Å². The van der Waals surface area contributed by atoms with Crippen LogP contribution in [0.15, 0.2) is 73.1 Å². The predicted octanol–water partition coefficient (Wildman–Crippen LogP) is 3.23. The number of carbonyl (C=O) groups excluding carboxylic acids is 2. The quantitative estimate of drug-likeness (QED) is 0.745. The van der Waals surface area contributed by atoms with Crippen LogP contribution < -0.4 is 5.32 Å². The first-order valence-electron chi connectivity index (χ1n) is 8.94. The molecule has 0 unspecified atom stereocenters. The molecule has 28 heavy (non-hydrogen) atoms. The Bertz CT molecular complexity index is 1010. The maximum Gasteiger partial charge on any atom is 0.255 e. The van der Waals surface area contributed by atoms with Gasteiger partial charge in [0, 0.05) is 31.0 Å². The molecule has 2 amide bonds. The molecule has 0 radical (unpaired) electrons. The summed E-state index contributed by atoms with van der Waals surface area (Å²) < 4.78 is 13.2. The number of fused-ring (bicyclic) bond motifs is 1. The number of nitrogens with zero attached hydrogens (tertiary/aromatic N) is 2. The van der Waals surface area contributed by atoms with Crippen molar-refractivity contribution in [3.05, 3.63) is 101 Å². The van der Waals surface area contributed by atoms with Crippen LogP contribution in [-0.2, 0) is 17.9 Å². The summed E-state index contributed by atoms with van der Waals surface area (Å²) in [5.74, 6) is -0.809. The monoisotopic (exact) mass is 375 g/mol. The highest BCUT2D eigenvalue weighted by Crippen LogP contribution is 2.35. The summed E-state index contributed by atoms with van der Waals surface area (Å²) in [6.45, 7) is 0.544. The fourth-order valence-electron chi connectivity index (χ4n) is 3.39. The zero-order valence-corrected chi connectivity index (χ0v) is 15.0. The maximum absolute atomic E-state index is 13.2. The standard InChI is InChI=1S/C22H18FN3O2/c23-17-9-7-15(8-10-17)14-26-20(18-5-1-2-6-19(18)22(26)28)21(27)25-13-16-4-3-11-24-12-16/h1-12,20H,13-14H2,(H,25,27)/t20-/m1/s1. The van der Waals surface area contributed by atoms with Crippen molar-refractivity contribution in [3.63, 3.8) is 0 Å². The van der Waals surface area contributed by atoms with Gasteiger partial charge in [-0.05, 0) is 41.0 Å². The summed E-state index contributed by atoms with van der Waals surface area (Å²) in [5.41, 5.74) is 2.83. The Labute approximate surface area is 161 Å². The van der Waals surface area contributed by atoms with Gasteiger partial charge in [0.1, 0.15) is 11.9 Å². The topological polar surface area (TPSA) is 62.3 Å². The average Bonchev–Trinajstić information content (AvgIpc) is 3.01. The van der Waals surface area contributed by atoms with Crippen molar-refractivity contribution in [2.24, 2.45) is 0 Å². The first-order valence-corrected chi connectivity index (χ1v) is 8.94. The lowest BCUT2D eigenvalue weighted by molar-refractivity contribution is -0.125. The minimum absolute atomic E-state index is 0.207. The van der Waals surface area contributed by atoms with E-state index < -0.39 is 6.04 Å². The molecule has 2 heterocycles. The summed E-state index contributed by atoms with van der Waals surface area (Å²) in [6.07, 6.45) is 3.35. The third-order valence-corrected chi connectivity index (χ3v) is 4.76. The highest BCUT2D eigenvalue weighted by Gasteiger charge is 2.40. The predicted molar refractivity (Wildman–Crippen MR) is 102 cm³/mol. The van der Waals surface area contributed by atoms with Gasteiger partial charge in [0.25, 0.3) is 5.91 Å². The van der Waals surface area contributed by atoms with Crippen molar-refractivity contribution in [2.45, 2.75) is 19.1 Å². The average molecular weight is 375 g/mol. The molecule has 1 N–H and O–H groups in total. The van der Waals surface area contributed by atoms with Crippen LogP contribution in [-0.4, -0.2) is 21.7 Å². The van der Waals surface area contributed by atoms with E-state index in [1.807, 2.05) is 12.1 Å². The molecule has 1 atom stereocenters. The molecule has 0 aliphatic carbocycles. The van der Waals surface area contributed by atoms with Crippen molar-refractivity contribution in [3.8, 4) is 0 Å². The van der Waals surface area contributed by atoms with Gasteiger partial charge in [-0.2, -0.15) is 0 Å². The van der Waals surface area contributed by atoms with E-state index in [9.17, 15) is 14.0 Å². The van der Waals surface area contributed by atoms with Gasteiger partial charge in [0.05, 0.1) is 0 Å². The second-order valence-corrected chi connectivity index (χ2v) is 6.63. The summed E-state index contributed by atoms with van der Waals surface area (Å²) >= 11 is 0. The molecular formula is C22H18FN3O2. The summed E-state index contributed by atoms with van der Waals surface area (Å²) in [6, 6.07) is 16.0. The van der Waals surface area contributed by atoms with Crippen molar-refractivity contribution < 1.29 is 14.0 Å². The van der Waals surface area contributed by atoms with Gasteiger partial charge < -0.3 is 10.2 Å². The van der Waals surface area contributed by atoms with Crippen LogP contribution in [0, 0.1) is 5.82 Å². The fourth-order valence-corrected chi connectivity index (χ4v) is 3.39. The number of benzene rings is 2. The molecule has 2 aromatic carbocycles. The van der Waals surface area contributed by atoms with E-state index in [1.165, 1.54) is 17.0 Å². The molecule has 0 saturated carbocycles. The molecule has 4 rings (SSSR count). The van der Waals surface area contributed by atoms with Crippen LogP contribution in [0.2, 0.25) is 0 Å². The third kappa shape index (κ3) is 3.49. The van der Waals surface area contributed by atoms with Gasteiger partial charge in [-0.15, -0.1) is 0 Å². The molecule has 0 bridgehead atoms. The van der Waals surface area contributed by atoms with Crippen LogP contribution in [0.25, 0.3) is 0 Å². The van der Waals surface area contributed by atoms with Gasteiger partial charge >= 0.3 is 0 Å². The molecule has 0 saturated heterocycles. The van der Waals surface area contributed by atoms with E-state index in [0.717, 1.165) is 11.1 Å². The van der Waals surface area contributed by atoms with Crippen molar-refractivity contribution in [2.75, 3.05) is 0 Å². The SMILES string of the molecule is O=C(NCc1cccnc1)[C@H]1c2ccccc2C(=O)N1Cc1ccc(F)cc1. The van der Waals surface area contributed by atoms with Crippen LogP contribution in [0.5, 0.6) is 0 Å². The number of aromatic nitrogens is 1. The van der Waals surface area contributed by atoms with Gasteiger partial charge in [0.15, 0.2) is 0 Å². The normalized spacial score (nSPS) is 15.4. The third-order valence-electron chi connectivity index (χ3n) is 4.76. The molecule has 3 aromatic rings. The zero-order chi connectivity index (χ0) is 19.5. The van der Waals surface area contributed by atoms with E-state index in [-0.39, 0.29) is 24.2 Å². The molecular weight excluding hydrogens is 357 g/mol. The first-order chi connectivity index (χ1) is 13.6. The Balaban J connectivity index is 1.59. The molecule has 5 nitrogen and oxygen atoms in total. The Morgan fingerprint density at radius 2 is 1.82 bits per heavy atom. The lowest BCUT2D eigenvalue weighted by Gasteiger charge is -2.25. The molecule has 6 heteroatoms. The van der Waals surface area contributed by atoms with Crippen molar-refractivity contribution >= 4 is 11.8 Å². The van der Waals surface area contributed by atoms with Gasteiger partial charge in [-0.1, -0.05) is 36.4 Å². The van der Waals surface area contributed by atoms with E-state index in [0.29, 0.717) is 17.7 Å². The zero-order valence-electron chi connectivity index (χ0n) is 15.0. The van der Waals surface area contributed by atoms with Crippen LogP contribution in [0.3, 0.4) is 0 Å². The lowest BCUT2D eigenvalue weighted by atomic mass is 10.0. The molecule has 1 aliphatic heterocycles. The number of carbonyl (C=O) groups is 2. The fraction of sp³-hybridized carbons (Fsp3) is 0.136. The molecule has 1 aromatic heterocycles. The summed E-state index contributed by atoms with van der Waals surface area (Å²) in [7, 11) is 0. The Kier molecular flexibility index (Phi) is 4.85. The number of rotatable bonds is 5. The number of nitrogens with one attached hydrogen (secondary N) is 1. The van der Waals surface area contributed by atoms with Gasteiger partial charge in [-0.25, -0.2) is 4.39 Å². The second kappa shape index (κ2) is 7.60. The smallest absolute Gasteiger partial charge is 0.255 e. The highest BCUT2D eigenvalue weighted by molar-refractivity contribution is 6.04. The Morgan fingerprint density at radius 1 is 1.04 bits per heavy atom. The van der Waals surface area contributed by atoms with Gasteiger partial charge in [0.2, 0.25) is 5.91 Å². The Morgan fingerprint density at radius 3 is 2.57 bits per heavy atom. The first kappa shape index (κ1) is 17.9. The van der Waals surface area contributed by atoms with E-state index >= 15 is 0 Å². The minimum atomic E-state index is -0.731. The molecule has 140 valence electrons. The molecule has 1 aliphatic rings. The van der Waals surface area contributed by atoms with E-state index in [4.69, 9.17) is 0 Å². The number of halogens is 1. The van der Waals surface area contributed by atoms with Crippen molar-refractivity contribution in [1.29, 1.82) is 0 Å². The number of amides is 2. The number of hydrogen-bond acceptors (Lipinski definition) is 3. The van der Waals surface area contributed by atoms with Crippen LogP contribution in [0.1, 0.15) is 33.1 Å². The van der Waals surface area contributed by atoms with E-state index in [2.05, 4.69) is 10.3 Å². The summed E-state index contributed by atoms with van der Waals surface area (Å²) in [5, 5.41) is 2.89. The minimum Gasteiger partial charge on any atom is -0.350 e. The Hall–Kier alpha value is -3.54. The number of pyridine rings is 1. The molecule has 0 fully saturated rings. The van der Waals surface area contributed by atoms with E-state index in [1.54, 1.807) is 48.8 Å². The van der Waals surface area contributed by atoms with Crippen LogP contribution in [0.4, 0.5) is 4.39 Å². The number of hydrogen-bond donors (Lipinski definition) is 1. The van der Waals surface area contributed by atoms with Crippen LogP contribution >= 0.6 is 0 Å². The molecule has 0 spiro atoms.